The fourth-order valence-electron chi connectivity index (χ4n) is 2.38. The predicted molar refractivity (Wildman–Crippen MR) is 71.4 cm³/mol. The maximum Gasteiger partial charge on any atom is 0.307 e. The van der Waals surface area contributed by atoms with E-state index < -0.39 is 27.2 Å². The van der Waals surface area contributed by atoms with Crippen molar-refractivity contribution in [3.63, 3.8) is 0 Å². The van der Waals surface area contributed by atoms with Crippen LogP contribution in [0.5, 0.6) is 0 Å². The third kappa shape index (κ3) is 4.15. The third-order valence-corrected chi connectivity index (χ3v) is 5.84. The number of methoxy groups -OCH3 is 1. The number of sulfonamides is 1. The molecule has 1 fully saturated rings. The number of carboxylic acids is 1. The van der Waals surface area contributed by atoms with Crippen molar-refractivity contribution in [2.45, 2.75) is 31.9 Å². The van der Waals surface area contributed by atoms with Crippen LogP contribution in [0.2, 0.25) is 0 Å². The predicted octanol–water partition coefficient (Wildman–Crippen LogP) is 0.784. The zero-order chi connectivity index (χ0) is 14.6. The summed E-state index contributed by atoms with van der Waals surface area (Å²) < 4.78 is 31.0. The lowest BCUT2D eigenvalue weighted by atomic mass is 9.92. The molecule has 0 aromatic rings. The van der Waals surface area contributed by atoms with Gasteiger partial charge in [0.2, 0.25) is 10.0 Å². The summed E-state index contributed by atoms with van der Waals surface area (Å²) in [6, 6.07) is 0. The largest absolute Gasteiger partial charge is 0.481 e. The Kier molecular flexibility index (Phi) is 5.76. The van der Waals surface area contributed by atoms with Crippen molar-refractivity contribution in [3.05, 3.63) is 0 Å². The number of piperidine rings is 1. The number of carbonyl (C=O) groups is 1. The molecule has 1 N–H and O–H groups in total. The van der Waals surface area contributed by atoms with Gasteiger partial charge in [-0.25, -0.2) is 12.7 Å². The minimum atomic E-state index is -3.44. The van der Waals surface area contributed by atoms with Gasteiger partial charge in [-0.1, -0.05) is 6.92 Å². The Morgan fingerprint density at radius 1 is 1.47 bits per heavy atom. The Hall–Kier alpha value is -0.660. The first-order valence-electron chi connectivity index (χ1n) is 6.49. The summed E-state index contributed by atoms with van der Waals surface area (Å²) in [4.78, 5) is 11.1. The normalized spacial score (nSPS) is 27.1. The fraction of sp³-hybridized carbons (Fsp3) is 0.917. The van der Waals surface area contributed by atoms with Gasteiger partial charge in [0.1, 0.15) is 0 Å². The molecule has 1 aliphatic heterocycles. The Balaban J connectivity index is 2.79. The summed E-state index contributed by atoms with van der Waals surface area (Å²) in [5, 5.41) is 8.53. The van der Waals surface area contributed by atoms with Crippen LogP contribution in [0.1, 0.15) is 26.7 Å². The molecule has 1 rings (SSSR count). The fourth-order valence-corrected chi connectivity index (χ4v) is 4.13. The first-order chi connectivity index (χ1) is 8.78. The van der Waals surface area contributed by atoms with Gasteiger partial charge in [-0.3, -0.25) is 4.79 Å². The monoisotopic (exact) mass is 293 g/mol. The SMILES string of the molecule is COCCC(C)S(=O)(=O)N1CC(C)CC(C(=O)O)C1. The van der Waals surface area contributed by atoms with Crippen molar-refractivity contribution < 1.29 is 23.1 Å². The van der Waals surface area contributed by atoms with Gasteiger partial charge >= 0.3 is 5.97 Å². The maximum absolute atomic E-state index is 12.4. The minimum absolute atomic E-state index is 0.0688. The van der Waals surface area contributed by atoms with Crippen LogP contribution in [0.15, 0.2) is 0 Å². The average Bonchev–Trinajstić information content (AvgIpc) is 2.34. The Labute approximate surface area is 114 Å². The molecule has 7 heteroatoms. The lowest BCUT2D eigenvalue weighted by Crippen LogP contribution is -2.48. The summed E-state index contributed by atoms with van der Waals surface area (Å²) in [5.41, 5.74) is 0. The highest BCUT2D eigenvalue weighted by atomic mass is 32.2. The molecule has 1 heterocycles. The smallest absolute Gasteiger partial charge is 0.307 e. The highest BCUT2D eigenvalue weighted by molar-refractivity contribution is 7.89. The molecule has 19 heavy (non-hydrogen) atoms. The van der Waals surface area contributed by atoms with Gasteiger partial charge in [-0.2, -0.15) is 0 Å². The van der Waals surface area contributed by atoms with Gasteiger partial charge in [0.25, 0.3) is 0 Å². The van der Waals surface area contributed by atoms with E-state index in [9.17, 15) is 13.2 Å². The van der Waals surface area contributed by atoms with E-state index in [1.807, 2.05) is 6.92 Å². The zero-order valence-corrected chi connectivity index (χ0v) is 12.5. The molecule has 1 aliphatic rings. The van der Waals surface area contributed by atoms with E-state index in [0.717, 1.165) is 0 Å². The lowest BCUT2D eigenvalue weighted by Gasteiger charge is -2.35. The van der Waals surface area contributed by atoms with Crippen LogP contribution in [-0.4, -0.2) is 55.9 Å². The molecule has 112 valence electrons. The molecular formula is C12H23NO5S. The van der Waals surface area contributed by atoms with Crippen LogP contribution in [0.3, 0.4) is 0 Å². The van der Waals surface area contributed by atoms with Crippen LogP contribution in [0.4, 0.5) is 0 Å². The van der Waals surface area contributed by atoms with E-state index in [1.54, 1.807) is 6.92 Å². The van der Waals surface area contributed by atoms with Gasteiger partial charge in [-0.05, 0) is 25.7 Å². The topological polar surface area (TPSA) is 83.9 Å². The number of nitrogens with zero attached hydrogens (tertiary/aromatic N) is 1. The van der Waals surface area contributed by atoms with E-state index in [-0.39, 0.29) is 12.5 Å². The molecule has 0 spiro atoms. The molecule has 0 bridgehead atoms. The van der Waals surface area contributed by atoms with Crippen molar-refractivity contribution in [2.24, 2.45) is 11.8 Å². The molecule has 0 aromatic carbocycles. The molecule has 0 amide bonds. The number of hydrogen-bond acceptors (Lipinski definition) is 4. The second kappa shape index (κ2) is 6.67. The summed E-state index contributed by atoms with van der Waals surface area (Å²) in [5.74, 6) is -1.45. The van der Waals surface area contributed by atoms with E-state index in [1.165, 1.54) is 11.4 Å². The summed E-state index contributed by atoms with van der Waals surface area (Å²) in [7, 11) is -1.91. The number of aliphatic carboxylic acids is 1. The molecular weight excluding hydrogens is 270 g/mol. The van der Waals surface area contributed by atoms with Gasteiger partial charge in [0, 0.05) is 26.8 Å². The van der Waals surface area contributed by atoms with Crippen LogP contribution < -0.4 is 0 Å². The molecule has 0 aromatic heterocycles. The molecule has 1 saturated heterocycles. The van der Waals surface area contributed by atoms with Crippen molar-refractivity contribution in [2.75, 3.05) is 26.8 Å². The Bertz CT molecular complexity index is 408. The van der Waals surface area contributed by atoms with Crippen molar-refractivity contribution in [1.29, 1.82) is 0 Å². The van der Waals surface area contributed by atoms with Crippen molar-refractivity contribution in [3.8, 4) is 0 Å². The van der Waals surface area contributed by atoms with E-state index in [4.69, 9.17) is 9.84 Å². The molecule has 0 aliphatic carbocycles. The minimum Gasteiger partial charge on any atom is -0.481 e. The molecule has 0 radical (unpaired) electrons. The second-order valence-electron chi connectivity index (χ2n) is 5.33. The number of hydrogen-bond donors (Lipinski definition) is 1. The second-order valence-corrected chi connectivity index (χ2v) is 7.68. The van der Waals surface area contributed by atoms with Gasteiger partial charge in [0.15, 0.2) is 0 Å². The quantitative estimate of drug-likeness (QED) is 0.782. The average molecular weight is 293 g/mol. The molecule has 3 atom stereocenters. The third-order valence-electron chi connectivity index (χ3n) is 3.57. The first-order valence-corrected chi connectivity index (χ1v) is 8.00. The standard InChI is InChI=1S/C12H23NO5S/c1-9-6-11(12(14)15)8-13(7-9)19(16,17)10(2)4-5-18-3/h9-11H,4-8H2,1-3H3,(H,14,15). The summed E-state index contributed by atoms with van der Waals surface area (Å²) >= 11 is 0. The Morgan fingerprint density at radius 2 is 2.11 bits per heavy atom. The number of ether oxygens (including phenoxy) is 1. The van der Waals surface area contributed by atoms with Crippen molar-refractivity contribution in [1.82, 2.24) is 4.31 Å². The van der Waals surface area contributed by atoms with Crippen molar-refractivity contribution >= 4 is 16.0 Å². The summed E-state index contributed by atoms with van der Waals surface area (Å²) in [6.07, 6.45) is 0.954. The molecule has 6 nitrogen and oxygen atoms in total. The van der Waals surface area contributed by atoms with Gasteiger partial charge < -0.3 is 9.84 Å². The van der Waals surface area contributed by atoms with Crippen LogP contribution in [-0.2, 0) is 19.6 Å². The van der Waals surface area contributed by atoms with Crippen LogP contribution in [0.25, 0.3) is 0 Å². The number of rotatable bonds is 6. The first kappa shape index (κ1) is 16.4. The van der Waals surface area contributed by atoms with E-state index in [0.29, 0.717) is 26.0 Å². The number of carboxylic acid groups (broad SMARTS) is 1. The Morgan fingerprint density at radius 3 is 2.63 bits per heavy atom. The molecule has 0 saturated carbocycles. The van der Waals surface area contributed by atoms with Crippen LogP contribution in [0, 0.1) is 11.8 Å². The van der Waals surface area contributed by atoms with Gasteiger partial charge in [-0.15, -0.1) is 0 Å². The summed E-state index contributed by atoms with van der Waals surface area (Å²) in [6.45, 7) is 4.40. The maximum atomic E-state index is 12.4. The highest BCUT2D eigenvalue weighted by Crippen LogP contribution is 2.26. The lowest BCUT2D eigenvalue weighted by molar-refractivity contribution is -0.143. The highest BCUT2D eigenvalue weighted by Gasteiger charge is 2.37. The molecule has 3 unspecified atom stereocenters. The van der Waals surface area contributed by atoms with E-state index >= 15 is 0 Å². The van der Waals surface area contributed by atoms with Gasteiger partial charge in [0.05, 0.1) is 11.2 Å². The zero-order valence-electron chi connectivity index (χ0n) is 11.7. The van der Waals surface area contributed by atoms with E-state index in [2.05, 4.69) is 0 Å². The van der Waals surface area contributed by atoms with Crippen LogP contribution >= 0.6 is 0 Å².